The maximum absolute atomic E-state index is 12.1. The summed E-state index contributed by atoms with van der Waals surface area (Å²) in [7, 11) is 0. The van der Waals surface area contributed by atoms with E-state index in [0.29, 0.717) is 11.2 Å². The Morgan fingerprint density at radius 2 is 1.70 bits per heavy atom. The van der Waals surface area contributed by atoms with Crippen molar-refractivity contribution in [1.29, 1.82) is 0 Å². The zero-order valence-electron chi connectivity index (χ0n) is 16.1. The van der Waals surface area contributed by atoms with Crippen molar-refractivity contribution in [2.24, 2.45) is 5.73 Å². The first-order valence-corrected chi connectivity index (χ1v) is 9.25. The molecule has 3 aromatic rings. The number of para-hydroxylation sites is 2. The fourth-order valence-corrected chi connectivity index (χ4v) is 2.70. The molecule has 0 radical (unpaired) electrons. The van der Waals surface area contributed by atoms with E-state index in [-0.39, 0.29) is 19.6 Å². The van der Waals surface area contributed by atoms with Crippen LogP contribution in [0.15, 0.2) is 60.8 Å². The lowest BCUT2D eigenvalue weighted by Crippen LogP contribution is -2.49. The molecule has 0 bridgehead atoms. The van der Waals surface area contributed by atoms with Crippen molar-refractivity contribution < 1.29 is 19.1 Å². The van der Waals surface area contributed by atoms with Crippen LogP contribution in [0.1, 0.15) is 11.3 Å². The number of alkyl carbamates (subject to hydrolysis) is 1. The summed E-state index contributed by atoms with van der Waals surface area (Å²) in [6, 6.07) is 15.4. The Bertz CT molecular complexity index is 1040. The maximum Gasteiger partial charge on any atom is 0.407 e. The third kappa shape index (κ3) is 5.99. The van der Waals surface area contributed by atoms with Gasteiger partial charge in [0.2, 0.25) is 11.8 Å². The highest BCUT2D eigenvalue weighted by Crippen LogP contribution is 2.09. The molecule has 2 aromatic carbocycles. The Morgan fingerprint density at radius 1 is 1.00 bits per heavy atom. The zero-order chi connectivity index (χ0) is 21.3. The van der Waals surface area contributed by atoms with Gasteiger partial charge in [0, 0.05) is 12.6 Å². The number of aromatic nitrogens is 2. The standard InChI is InChI=1S/C21H21N5O4/c22-20(28)18(10-15-11-23-16-8-4-5-9-17(16)25-15)26-19(27)12-24-21(29)30-13-14-6-2-1-3-7-14/h1-9,11,18H,10,12-13H2,(H2,22,28)(H,24,29)(H,26,27)/t18-/m1/s1. The van der Waals surface area contributed by atoms with Gasteiger partial charge < -0.3 is 21.1 Å². The lowest BCUT2D eigenvalue weighted by molar-refractivity contribution is -0.126. The number of hydrogen-bond donors (Lipinski definition) is 3. The number of fused-ring (bicyclic) bond motifs is 1. The lowest BCUT2D eigenvalue weighted by atomic mass is 10.1. The van der Waals surface area contributed by atoms with Crippen LogP contribution in [-0.2, 0) is 27.4 Å². The molecule has 3 amide bonds. The van der Waals surface area contributed by atoms with Crippen LogP contribution >= 0.6 is 0 Å². The van der Waals surface area contributed by atoms with Gasteiger partial charge in [-0.15, -0.1) is 0 Å². The van der Waals surface area contributed by atoms with Gasteiger partial charge >= 0.3 is 6.09 Å². The van der Waals surface area contributed by atoms with E-state index in [2.05, 4.69) is 20.6 Å². The van der Waals surface area contributed by atoms with Crippen molar-refractivity contribution in [3.63, 3.8) is 0 Å². The molecule has 3 rings (SSSR count). The number of nitrogens with zero attached hydrogens (tertiary/aromatic N) is 2. The summed E-state index contributed by atoms with van der Waals surface area (Å²) >= 11 is 0. The lowest BCUT2D eigenvalue weighted by Gasteiger charge is -2.15. The largest absolute Gasteiger partial charge is 0.445 e. The molecule has 0 saturated carbocycles. The summed E-state index contributed by atoms with van der Waals surface area (Å²) in [5, 5.41) is 4.82. The van der Waals surface area contributed by atoms with Crippen molar-refractivity contribution in [2.75, 3.05) is 6.54 Å². The average molecular weight is 407 g/mol. The summed E-state index contributed by atoms with van der Waals surface area (Å²) in [5.41, 5.74) is 8.12. The maximum atomic E-state index is 12.1. The third-order valence-corrected chi connectivity index (χ3v) is 4.20. The number of carbonyl (C=O) groups is 3. The fraction of sp³-hybridized carbons (Fsp3) is 0.190. The van der Waals surface area contributed by atoms with Gasteiger partial charge in [-0.3, -0.25) is 14.6 Å². The zero-order valence-corrected chi connectivity index (χ0v) is 16.1. The van der Waals surface area contributed by atoms with E-state index in [0.717, 1.165) is 11.1 Å². The molecule has 0 unspecified atom stereocenters. The van der Waals surface area contributed by atoms with Gasteiger partial charge in [0.05, 0.1) is 16.7 Å². The number of hydrogen-bond acceptors (Lipinski definition) is 6. The van der Waals surface area contributed by atoms with Crippen LogP contribution < -0.4 is 16.4 Å². The van der Waals surface area contributed by atoms with Crippen LogP contribution in [0.5, 0.6) is 0 Å². The molecular formula is C21H21N5O4. The normalized spacial score (nSPS) is 11.5. The second kappa shape index (κ2) is 9.97. The summed E-state index contributed by atoms with van der Waals surface area (Å²) in [6.45, 7) is -0.278. The van der Waals surface area contributed by atoms with E-state index in [1.807, 2.05) is 48.5 Å². The topological polar surface area (TPSA) is 136 Å². The molecule has 0 fully saturated rings. The first-order valence-electron chi connectivity index (χ1n) is 9.25. The van der Waals surface area contributed by atoms with Crippen LogP contribution in [0, 0.1) is 0 Å². The molecule has 0 aliphatic carbocycles. The fourth-order valence-electron chi connectivity index (χ4n) is 2.70. The first kappa shape index (κ1) is 20.7. The van der Waals surface area contributed by atoms with Crippen molar-refractivity contribution in [1.82, 2.24) is 20.6 Å². The second-order valence-electron chi connectivity index (χ2n) is 6.49. The molecule has 0 spiro atoms. The van der Waals surface area contributed by atoms with Gasteiger partial charge in [-0.05, 0) is 17.7 Å². The summed E-state index contributed by atoms with van der Waals surface area (Å²) in [5.74, 6) is -1.30. The summed E-state index contributed by atoms with van der Waals surface area (Å²) in [6.07, 6.45) is 0.867. The third-order valence-electron chi connectivity index (χ3n) is 4.20. The molecule has 0 aliphatic rings. The molecular weight excluding hydrogens is 386 g/mol. The van der Waals surface area contributed by atoms with Gasteiger partial charge in [-0.25, -0.2) is 9.78 Å². The molecule has 4 N–H and O–H groups in total. The van der Waals surface area contributed by atoms with E-state index >= 15 is 0 Å². The molecule has 30 heavy (non-hydrogen) atoms. The van der Waals surface area contributed by atoms with Crippen LogP contribution in [0.25, 0.3) is 11.0 Å². The van der Waals surface area contributed by atoms with Gasteiger partial charge in [0.25, 0.3) is 0 Å². The highest BCUT2D eigenvalue weighted by molar-refractivity contribution is 5.88. The smallest absolute Gasteiger partial charge is 0.407 e. The minimum atomic E-state index is -0.991. The Balaban J connectivity index is 1.49. The van der Waals surface area contributed by atoms with Gasteiger partial charge in [0.15, 0.2) is 0 Å². The Labute approximate surface area is 172 Å². The molecule has 1 aromatic heterocycles. The number of rotatable bonds is 8. The van der Waals surface area contributed by atoms with E-state index in [1.54, 1.807) is 6.07 Å². The quantitative estimate of drug-likeness (QED) is 0.511. The monoisotopic (exact) mass is 407 g/mol. The Hall–Kier alpha value is -4.01. The molecule has 154 valence electrons. The molecule has 9 heteroatoms. The van der Waals surface area contributed by atoms with E-state index < -0.39 is 23.9 Å². The van der Waals surface area contributed by atoms with E-state index in [1.165, 1.54) is 6.20 Å². The minimum absolute atomic E-state index is 0.0807. The van der Waals surface area contributed by atoms with Gasteiger partial charge in [-0.1, -0.05) is 42.5 Å². The van der Waals surface area contributed by atoms with Crippen molar-refractivity contribution in [3.05, 3.63) is 72.1 Å². The molecule has 0 saturated heterocycles. The number of carbonyl (C=O) groups excluding carboxylic acids is 3. The van der Waals surface area contributed by atoms with Crippen molar-refractivity contribution >= 4 is 28.9 Å². The second-order valence-corrected chi connectivity index (χ2v) is 6.49. The van der Waals surface area contributed by atoms with Gasteiger partial charge in [0.1, 0.15) is 19.2 Å². The van der Waals surface area contributed by atoms with E-state index in [4.69, 9.17) is 10.5 Å². The highest BCUT2D eigenvalue weighted by atomic mass is 16.5. The highest BCUT2D eigenvalue weighted by Gasteiger charge is 2.20. The molecule has 1 heterocycles. The molecule has 9 nitrogen and oxygen atoms in total. The number of primary amides is 1. The molecule has 1 atom stereocenters. The number of nitrogens with two attached hydrogens (primary N) is 1. The Kier molecular flexibility index (Phi) is 6.88. The van der Waals surface area contributed by atoms with E-state index in [9.17, 15) is 14.4 Å². The molecule has 0 aliphatic heterocycles. The predicted molar refractivity (Wildman–Crippen MR) is 109 cm³/mol. The average Bonchev–Trinajstić information content (AvgIpc) is 2.76. The predicted octanol–water partition coefficient (Wildman–Crippen LogP) is 1.07. The van der Waals surface area contributed by atoms with Crippen LogP contribution in [0.2, 0.25) is 0 Å². The minimum Gasteiger partial charge on any atom is -0.445 e. The van der Waals surface area contributed by atoms with Crippen LogP contribution in [0.3, 0.4) is 0 Å². The number of ether oxygens (including phenoxy) is 1. The SMILES string of the molecule is NC(=O)[C@@H](Cc1cnc2ccccc2n1)NC(=O)CNC(=O)OCc1ccccc1. The summed E-state index contributed by atoms with van der Waals surface area (Å²) < 4.78 is 5.03. The van der Waals surface area contributed by atoms with Crippen LogP contribution in [0.4, 0.5) is 4.79 Å². The van der Waals surface area contributed by atoms with Crippen molar-refractivity contribution in [2.45, 2.75) is 19.1 Å². The number of benzene rings is 2. The van der Waals surface area contributed by atoms with Crippen molar-refractivity contribution in [3.8, 4) is 0 Å². The number of amides is 3. The number of nitrogens with one attached hydrogen (secondary N) is 2. The summed E-state index contributed by atoms with van der Waals surface area (Å²) in [4.78, 5) is 44.3. The Morgan fingerprint density at radius 3 is 2.43 bits per heavy atom. The first-order chi connectivity index (χ1) is 14.5. The van der Waals surface area contributed by atoms with Gasteiger partial charge in [-0.2, -0.15) is 0 Å². The van der Waals surface area contributed by atoms with Crippen LogP contribution in [-0.4, -0.2) is 40.5 Å².